The molecule has 2 N–H and O–H groups in total. The minimum atomic E-state index is 0. The normalized spacial score (nSPS) is 27.0. The van der Waals surface area contributed by atoms with E-state index in [1.165, 1.54) is 6.42 Å². The molecule has 110 valence electrons. The van der Waals surface area contributed by atoms with Gasteiger partial charge in [0.25, 0.3) is 0 Å². The summed E-state index contributed by atoms with van der Waals surface area (Å²) in [6.45, 7) is 2.78. The van der Waals surface area contributed by atoms with Crippen molar-refractivity contribution in [2.45, 2.75) is 38.1 Å². The third kappa shape index (κ3) is 4.99. The average Bonchev–Trinajstić information content (AvgIpc) is 2.84. The van der Waals surface area contributed by atoms with Gasteiger partial charge in [0.05, 0.1) is 0 Å². The first-order valence-electron chi connectivity index (χ1n) is 6.89. The van der Waals surface area contributed by atoms with E-state index < -0.39 is 0 Å². The smallest absolute Gasteiger partial charge is 0.222 e. The second-order valence-electron chi connectivity index (χ2n) is 5.47. The Morgan fingerprint density at radius 3 is 2.89 bits per heavy atom. The van der Waals surface area contributed by atoms with Gasteiger partial charge in [-0.2, -0.15) is 0 Å². The Labute approximate surface area is 120 Å². The zero-order chi connectivity index (χ0) is 13.0. The van der Waals surface area contributed by atoms with Crippen molar-refractivity contribution in [2.24, 2.45) is 5.92 Å². The number of hydrogen-bond donors (Lipinski definition) is 2. The number of piperidine rings is 1. The van der Waals surface area contributed by atoms with Crippen LogP contribution in [0, 0.1) is 5.92 Å². The van der Waals surface area contributed by atoms with E-state index in [9.17, 15) is 9.59 Å². The van der Waals surface area contributed by atoms with E-state index in [0.717, 1.165) is 25.9 Å². The van der Waals surface area contributed by atoms with Gasteiger partial charge in [-0.05, 0) is 38.3 Å². The Balaban J connectivity index is 0.00000180. The lowest BCUT2D eigenvalue weighted by molar-refractivity contribution is -0.134. The highest BCUT2D eigenvalue weighted by atomic mass is 35.5. The number of rotatable bonds is 4. The molecule has 2 aliphatic rings. The minimum Gasteiger partial charge on any atom is -0.352 e. The van der Waals surface area contributed by atoms with Gasteiger partial charge in [0.2, 0.25) is 11.8 Å². The highest BCUT2D eigenvalue weighted by Crippen LogP contribution is 2.15. The van der Waals surface area contributed by atoms with Crippen LogP contribution in [-0.4, -0.2) is 49.4 Å². The lowest BCUT2D eigenvalue weighted by atomic mass is 10.0. The van der Waals surface area contributed by atoms with Crippen LogP contribution in [0.5, 0.6) is 0 Å². The van der Waals surface area contributed by atoms with Gasteiger partial charge < -0.3 is 15.5 Å². The fourth-order valence-corrected chi connectivity index (χ4v) is 2.73. The molecule has 6 heteroatoms. The van der Waals surface area contributed by atoms with E-state index in [1.54, 1.807) is 11.9 Å². The van der Waals surface area contributed by atoms with Crippen LogP contribution in [0.2, 0.25) is 0 Å². The SMILES string of the molecule is CN1CC(NC(=O)CCC2CCNC2)CCC1=O.Cl. The van der Waals surface area contributed by atoms with Crippen LogP contribution >= 0.6 is 12.4 Å². The molecular weight excluding hydrogens is 266 g/mol. The molecule has 2 heterocycles. The van der Waals surface area contributed by atoms with Crippen molar-refractivity contribution in [2.75, 3.05) is 26.7 Å². The van der Waals surface area contributed by atoms with Gasteiger partial charge in [-0.15, -0.1) is 12.4 Å². The first kappa shape index (κ1) is 16.2. The summed E-state index contributed by atoms with van der Waals surface area (Å²) < 4.78 is 0. The highest BCUT2D eigenvalue weighted by molar-refractivity contribution is 5.85. The summed E-state index contributed by atoms with van der Waals surface area (Å²) in [5.41, 5.74) is 0. The van der Waals surface area contributed by atoms with Crippen LogP contribution < -0.4 is 10.6 Å². The van der Waals surface area contributed by atoms with Gasteiger partial charge in [0.1, 0.15) is 0 Å². The maximum atomic E-state index is 11.8. The summed E-state index contributed by atoms with van der Waals surface area (Å²) >= 11 is 0. The van der Waals surface area contributed by atoms with Crippen molar-refractivity contribution in [3.8, 4) is 0 Å². The van der Waals surface area contributed by atoms with Gasteiger partial charge >= 0.3 is 0 Å². The predicted octanol–water partition coefficient (Wildman–Crippen LogP) is 0.535. The van der Waals surface area contributed by atoms with E-state index in [4.69, 9.17) is 0 Å². The molecule has 2 atom stereocenters. The Bertz CT molecular complexity index is 319. The molecule has 2 amide bonds. The zero-order valence-electron chi connectivity index (χ0n) is 11.5. The average molecular weight is 290 g/mol. The monoisotopic (exact) mass is 289 g/mol. The fraction of sp³-hybridized carbons (Fsp3) is 0.846. The molecule has 2 unspecified atom stereocenters. The Morgan fingerprint density at radius 1 is 1.47 bits per heavy atom. The molecule has 5 nitrogen and oxygen atoms in total. The number of carbonyl (C=O) groups is 2. The predicted molar refractivity (Wildman–Crippen MR) is 76.3 cm³/mol. The maximum Gasteiger partial charge on any atom is 0.222 e. The number of halogens is 1. The van der Waals surface area contributed by atoms with Crippen LogP contribution in [0.3, 0.4) is 0 Å². The molecule has 0 radical (unpaired) electrons. The highest BCUT2D eigenvalue weighted by Gasteiger charge is 2.24. The molecule has 2 fully saturated rings. The van der Waals surface area contributed by atoms with Crippen LogP contribution in [0.25, 0.3) is 0 Å². The molecule has 0 aromatic rings. The number of carbonyl (C=O) groups excluding carboxylic acids is 2. The molecule has 2 saturated heterocycles. The fourth-order valence-electron chi connectivity index (χ4n) is 2.73. The molecule has 0 aliphatic carbocycles. The third-order valence-electron chi connectivity index (χ3n) is 3.93. The summed E-state index contributed by atoms with van der Waals surface area (Å²) in [4.78, 5) is 24.9. The molecular formula is C13H24ClN3O2. The molecule has 2 rings (SSSR count). The lowest BCUT2D eigenvalue weighted by Crippen LogP contribution is -2.48. The summed E-state index contributed by atoms with van der Waals surface area (Å²) in [6.07, 6.45) is 4.10. The van der Waals surface area contributed by atoms with Crippen LogP contribution in [0.15, 0.2) is 0 Å². The lowest BCUT2D eigenvalue weighted by Gasteiger charge is -2.30. The molecule has 0 spiro atoms. The maximum absolute atomic E-state index is 11.8. The Kier molecular flexibility index (Phi) is 6.58. The van der Waals surface area contributed by atoms with Crippen molar-refractivity contribution >= 4 is 24.2 Å². The summed E-state index contributed by atoms with van der Waals surface area (Å²) in [5.74, 6) is 0.971. The number of hydrogen-bond acceptors (Lipinski definition) is 3. The molecule has 0 bridgehead atoms. The largest absolute Gasteiger partial charge is 0.352 e. The molecule has 0 aromatic carbocycles. The van der Waals surface area contributed by atoms with Crippen LogP contribution in [-0.2, 0) is 9.59 Å². The molecule has 0 aromatic heterocycles. The second kappa shape index (κ2) is 7.70. The van der Waals surface area contributed by atoms with Crippen molar-refractivity contribution in [3.63, 3.8) is 0 Å². The molecule has 2 aliphatic heterocycles. The zero-order valence-corrected chi connectivity index (χ0v) is 12.3. The van der Waals surface area contributed by atoms with E-state index in [0.29, 0.717) is 25.3 Å². The summed E-state index contributed by atoms with van der Waals surface area (Å²) in [7, 11) is 1.80. The number of likely N-dealkylation sites (N-methyl/N-ethyl adjacent to an activating group) is 1. The standard InChI is InChI=1S/C13H23N3O2.ClH/c1-16-9-11(3-5-13(16)18)15-12(17)4-2-10-6-7-14-8-10;/h10-11,14H,2-9H2,1H3,(H,15,17);1H. The van der Waals surface area contributed by atoms with E-state index >= 15 is 0 Å². The van der Waals surface area contributed by atoms with Gasteiger partial charge in [0.15, 0.2) is 0 Å². The van der Waals surface area contributed by atoms with E-state index in [-0.39, 0.29) is 30.3 Å². The van der Waals surface area contributed by atoms with Gasteiger partial charge in [0, 0.05) is 32.5 Å². The second-order valence-corrected chi connectivity index (χ2v) is 5.47. The Hall–Kier alpha value is -0.810. The van der Waals surface area contributed by atoms with Crippen molar-refractivity contribution < 1.29 is 9.59 Å². The molecule has 0 saturated carbocycles. The van der Waals surface area contributed by atoms with Gasteiger partial charge in [-0.3, -0.25) is 9.59 Å². The number of likely N-dealkylation sites (tertiary alicyclic amines) is 1. The van der Waals surface area contributed by atoms with Crippen molar-refractivity contribution in [1.82, 2.24) is 15.5 Å². The first-order valence-corrected chi connectivity index (χ1v) is 6.89. The number of amides is 2. The van der Waals surface area contributed by atoms with Crippen molar-refractivity contribution in [1.29, 1.82) is 0 Å². The van der Waals surface area contributed by atoms with Crippen LogP contribution in [0.4, 0.5) is 0 Å². The van der Waals surface area contributed by atoms with Crippen LogP contribution in [0.1, 0.15) is 32.1 Å². The summed E-state index contributed by atoms with van der Waals surface area (Å²) in [6, 6.07) is 0.141. The van der Waals surface area contributed by atoms with E-state index in [2.05, 4.69) is 10.6 Å². The van der Waals surface area contributed by atoms with Gasteiger partial charge in [-0.25, -0.2) is 0 Å². The van der Waals surface area contributed by atoms with Gasteiger partial charge in [-0.1, -0.05) is 0 Å². The minimum absolute atomic E-state index is 0. The van der Waals surface area contributed by atoms with Crippen molar-refractivity contribution in [3.05, 3.63) is 0 Å². The third-order valence-corrected chi connectivity index (χ3v) is 3.93. The first-order chi connectivity index (χ1) is 8.65. The summed E-state index contributed by atoms with van der Waals surface area (Å²) in [5, 5.41) is 6.35. The quantitative estimate of drug-likeness (QED) is 0.794. The number of nitrogens with zero attached hydrogens (tertiary/aromatic N) is 1. The Morgan fingerprint density at radius 2 is 2.26 bits per heavy atom. The topological polar surface area (TPSA) is 61.4 Å². The van der Waals surface area contributed by atoms with E-state index in [1.807, 2.05) is 0 Å². The molecule has 19 heavy (non-hydrogen) atoms. The number of nitrogens with one attached hydrogen (secondary N) is 2.